The number of nitrogens with zero attached hydrogens (tertiary/aromatic N) is 15. The van der Waals surface area contributed by atoms with E-state index < -0.39 is 76.3 Å². The highest BCUT2D eigenvalue weighted by Crippen LogP contribution is 2.23. The summed E-state index contributed by atoms with van der Waals surface area (Å²) in [5.74, 6) is -0.605. The van der Waals surface area contributed by atoms with Crippen LogP contribution >= 0.6 is 0 Å². The standard InChI is InChI=1S/C26H45N7O6.C18H32N6O4.C12H23N3O3.C8H13NO2.C6H11N3O2.C6H13NO2/c1-9-18(2)21(33-17-19(29-30-33)16-28-23(36)38-25(3,4)5)22(35)27-11-10-20(34)31-12-14-32(15-13-31)24(37)39-26(6,7)8;1-6-13(2)15(21-22-19)16(26)20-8-7-14(25)23-9-11-24(12-10-23)17(27)28-18(3,4)5;1-12(2,3)18-11(17)15-8-6-14(7-9-15)10(16)4-5-13;1-5-6-9-7(10)11-8(2,3)4;1-3-4(2)5(6(10)11)8-9-7;1-3-4(2)5(7)6(8)9/h17-18,21H,9-16H2,1-8H3,(H,27,35)(H,28,36);13,15H,6-12H2,1-5H3,(H,20,26);4-9,13H2,1-3H3;1H,6H2,2-4H3,(H,9,10);4-5H,3H2,1-2H3,(H,10,11);4-5H,3,7H2,1-2H3,(H,8,9)/t18-,21-;13-,15-;;;2*4-,5-/m00..00/s1. The van der Waals surface area contributed by atoms with Crippen LogP contribution in [0.5, 0.6) is 0 Å². The maximum absolute atomic E-state index is 13.1. The van der Waals surface area contributed by atoms with Gasteiger partial charge in [-0.05, 0) is 139 Å². The van der Waals surface area contributed by atoms with E-state index in [0.29, 0.717) is 110 Å². The van der Waals surface area contributed by atoms with Crippen LogP contribution in [0.4, 0.5) is 24.0 Å². The maximum Gasteiger partial charge on any atom is 0.410 e. The zero-order valence-corrected chi connectivity index (χ0v) is 72.9. The number of aromatic nitrogens is 3. The number of carboxylic acid groups (broad SMARTS) is 2. The van der Waals surface area contributed by atoms with Gasteiger partial charge in [0.2, 0.25) is 29.5 Å². The Bertz CT molecular complexity index is 3370. The van der Waals surface area contributed by atoms with Crippen LogP contribution in [0, 0.1) is 36.0 Å². The molecule has 3 aliphatic rings. The van der Waals surface area contributed by atoms with E-state index in [1.165, 1.54) is 4.68 Å². The van der Waals surface area contributed by atoms with E-state index >= 15 is 0 Å². The quantitative estimate of drug-likeness (QED) is 0.0141. The number of hydrogen-bond acceptors (Lipinski definition) is 23. The summed E-state index contributed by atoms with van der Waals surface area (Å²) in [6.45, 7) is 48.7. The van der Waals surface area contributed by atoms with E-state index in [2.05, 4.69) is 57.6 Å². The molecule has 116 heavy (non-hydrogen) atoms. The number of ether oxygens (including phenoxy) is 5. The second-order valence-corrected chi connectivity index (χ2v) is 32.8. The van der Waals surface area contributed by atoms with Gasteiger partial charge in [-0.25, -0.2) is 28.7 Å². The van der Waals surface area contributed by atoms with Gasteiger partial charge in [0.25, 0.3) is 0 Å². The highest BCUT2D eigenvalue weighted by molar-refractivity contribution is 5.84. The van der Waals surface area contributed by atoms with Crippen molar-refractivity contribution < 1.29 is 91.4 Å². The maximum atomic E-state index is 13.1. The van der Waals surface area contributed by atoms with Crippen molar-refractivity contribution in [2.45, 2.75) is 263 Å². The van der Waals surface area contributed by atoms with Gasteiger partial charge in [0, 0.05) is 127 Å². The molecule has 3 fully saturated rings. The number of rotatable bonds is 26. The van der Waals surface area contributed by atoms with Crippen LogP contribution in [-0.4, -0.2) is 277 Å². The topological polar surface area (TPSA) is 539 Å². The lowest BCUT2D eigenvalue weighted by Gasteiger charge is -2.35. The van der Waals surface area contributed by atoms with Crippen LogP contribution in [0.3, 0.4) is 0 Å². The Morgan fingerprint density at radius 1 is 0.491 bits per heavy atom. The van der Waals surface area contributed by atoms with Crippen molar-refractivity contribution in [3.05, 3.63) is 32.8 Å². The average molecular weight is 1650 g/mol. The van der Waals surface area contributed by atoms with Gasteiger partial charge in [-0.3, -0.25) is 33.6 Å². The third kappa shape index (κ3) is 47.7. The van der Waals surface area contributed by atoms with Crippen LogP contribution in [0.15, 0.2) is 16.4 Å². The first-order valence-electron chi connectivity index (χ1n) is 39.3. The van der Waals surface area contributed by atoms with Crippen molar-refractivity contribution in [1.82, 2.24) is 65.7 Å². The summed E-state index contributed by atoms with van der Waals surface area (Å²) in [5, 5.41) is 42.4. The number of aliphatic carboxylic acids is 2. The van der Waals surface area contributed by atoms with Crippen molar-refractivity contribution in [2.24, 2.45) is 45.4 Å². The van der Waals surface area contributed by atoms with Gasteiger partial charge in [0.05, 0.1) is 19.3 Å². The number of carboxylic acids is 2. The first kappa shape index (κ1) is 108. The fraction of sp³-hybridized carbons (Fsp3) is 0.789. The SMILES string of the molecule is C#CCNC(=O)OC(C)(C)C.CC(C)(C)OC(=O)N1CCN(C(=O)CCN)CC1.CC[C@H](C)[C@@H](C(=O)NCCC(=O)N1CCN(C(=O)OC(C)(C)C)CC1)n1cc(CNC(=O)OC(C)(C)C)nn1.CC[C@H](C)[C@H](N)C(=O)O.CC[C@H](C)[C@H](N=[N+]=[N-])C(=O)NCCC(=O)N1CCN(C(=O)OC(C)(C)C)CC1.CC[C@H](C)[C@H](N=[N+]=[N-])C(=O)O. The van der Waals surface area contributed by atoms with E-state index in [4.69, 9.17) is 62.9 Å². The van der Waals surface area contributed by atoms with Gasteiger partial charge < -0.3 is 96.0 Å². The van der Waals surface area contributed by atoms with Crippen molar-refractivity contribution in [1.29, 1.82) is 0 Å². The summed E-state index contributed by atoms with van der Waals surface area (Å²) in [4.78, 5) is 156. The fourth-order valence-electron chi connectivity index (χ4n) is 9.98. The summed E-state index contributed by atoms with van der Waals surface area (Å²) in [5.41, 5.74) is 25.1. The van der Waals surface area contributed by atoms with Gasteiger partial charge in [-0.15, -0.1) is 11.5 Å². The molecule has 8 atom stereocenters. The minimum Gasteiger partial charge on any atom is -0.481 e. The third-order valence-electron chi connectivity index (χ3n) is 17.1. The van der Waals surface area contributed by atoms with E-state index in [1.807, 2.05) is 111 Å². The van der Waals surface area contributed by atoms with Crippen LogP contribution in [-0.2, 0) is 63.8 Å². The molecule has 1 aromatic rings. The van der Waals surface area contributed by atoms with Crippen LogP contribution in [0.1, 0.15) is 216 Å². The summed E-state index contributed by atoms with van der Waals surface area (Å²) in [6.07, 6.45) is 8.05. The molecular formula is C76H137N21O19. The smallest absolute Gasteiger partial charge is 0.410 e. The second-order valence-electron chi connectivity index (χ2n) is 32.8. The van der Waals surface area contributed by atoms with Crippen LogP contribution < -0.4 is 32.7 Å². The molecule has 3 saturated heterocycles. The Morgan fingerprint density at radius 2 is 0.819 bits per heavy atom. The van der Waals surface area contributed by atoms with Crippen molar-refractivity contribution >= 4 is 71.9 Å². The van der Waals surface area contributed by atoms with Crippen molar-refractivity contribution in [2.75, 3.05) is 105 Å². The number of azide groups is 2. The van der Waals surface area contributed by atoms with Gasteiger partial charge in [0.1, 0.15) is 57.9 Å². The lowest BCUT2D eigenvalue weighted by Crippen LogP contribution is -2.52. The Labute approximate surface area is 684 Å². The number of carbonyl (C=O) groups is 12. The summed E-state index contributed by atoms with van der Waals surface area (Å²) in [6, 6.07) is -3.02. The first-order valence-corrected chi connectivity index (χ1v) is 39.3. The number of carbonyl (C=O) groups excluding carboxylic acids is 10. The molecular weight excluding hydrogens is 1510 g/mol. The largest absolute Gasteiger partial charge is 0.481 e. The number of amides is 10. The van der Waals surface area contributed by atoms with Gasteiger partial charge in [0.15, 0.2) is 0 Å². The second kappa shape index (κ2) is 53.9. The van der Waals surface area contributed by atoms with Crippen LogP contribution in [0.2, 0.25) is 0 Å². The Hall–Kier alpha value is -10.1. The van der Waals surface area contributed by atoms with E-state index in [1.54, 1.807) is 84.1 Å². The van der Waals surface area contributed by atoms with Gasteiger partial charge >= 0.3 is 42.4 Å². The molecule has 40 nitrogen and oxygen atoms in total. The molecule has 3 aliphatic heterocycles. The molecule has 0 bridgehead atoms. The Morgan fingerprint density at radius 3 is 1.13 bits per heavy atom. The lowest BCUT2D eigenvalue weighted by atomic mass is 9.98. The number of nitrogens with one attached hydrogen (secondary N) is 4. The van der Waals surface area contributed by atoms with Crippen LogP contribution in [0.25, 0.3) is 20.9 Å². The van der Waals surface area contributed by atoms with Gasteiger partial charge in [-0.2, -0.15) is 0 Å². The van der Waals surface area contributed by atoms with E-state index in [-0.39, 0.29) is 111 Å². The predicted octanol–water partition coefficient (Wildman–Crippen LogP) is 8.57. The first-order chi connectivity index (χ1) is 53.7. The number of terminal acetylenes is 1. The molecule has 4 heterocycles. The number of nitrogens with two attached hydrogens (primary N) is 2. The van der Waals surface area contributed by atoms with E-state index in [0.717, 1.165) is 12.8 Å². The molecule has 0 spiro atoms. The average Bonchev–Trinajstić information content (AvgIpc) is 1.70. The molecule has 10 N–H and O–H groups in total. The summed E-state index contributed by atoms with van der Waals surface area (Å²) in [7, 11) is 0. The molecule has 4 rings (SSSR count). The minimum absolute atomic E-state index is 0.0463. The normalized spacial score (nSPS) is 15.6. The highest BCUT2D eigenvalue weighted by Gasteiger charge is 2.34. The molecule has 40 heteroatoms. The zero-order chi connectivity index (χ0) is 89.7. The fourth-order valence-corrected chi connectivity index (χ4v) is 9.98. The van der Waals surface area contributed by atoms with Gasteiger partial charge in [-0.1, -0.05) is 102 Å². The molecule has 0 aromatic carbocycles. The molecule has 0 aliphatic carbocycles. The Kier molecular flexibility index (Phi) is 50.2. The van der Waals surface area contributed by atoms with Crippen molar-refractivity contribution in [3.8, 4) is 12.3 Å². The monoisotopic (exact) mass is 1650 g/mol. The molecule has 660 valence electrons. The molecule has 0 radical (unpaired) electrons. The molecule has 0 saturated carbocycles. The zero-order valence-electron chi connectivity index (χ0n) is 72.9. The Balaban J connectivity index is 0. The molecule has 0 unspecified atom stereocenters. The van der Waals surface area contributed by atoms with E-state index in [9.17, 15) is 57.5 Å². The summed E-state index contributed by atoms with van der Waals surface area (Å²) >= 11 is 0. The highest BCUT2D eigenvalue weighted by atomic mass is 16.6. The number of piperazine rings is 3. The number of alkyl carbamates (subject to hydrolysis) is 2. The minimum atomic E-state index is -1.06. The predicted molar refractivity (Wildman–Crippen MR) is 434 cm³/mol. The van der Waals surface area contributed by atoms with Crippen molar-refractivity contribution in [3.63, 3.8) is 0 Å². The third-order valence-corrected chi connectivity index (χ3v) is 17.1. The molecule has 1 aromatic heterocycles. The lowest BCUT2D eigenvalue weighted by molar-refractivity contribution is -0.140. The molecule has 10 amide bonds. The number of hydrogen-bond donors (Lipinski definition) is 8. The summed E-state index contributed by atoms with van der Waals surface area (Å²) < 4.78 is 27.6.